The number of aromatic nitrogens is 4. The van der Waals surface area contributed by atoms with Crippen molar-refractivity contribution in [2.75, 3.05) is 18.9 Å². The first-order valence-electron chi connectivity index (χ1n) is 12.0. The molecule has 10 heteroatoms. The molecule has 0 atom stereocenters. The Balaban J connectivity index is 1.57. The number of hydrogen-bond donors (Lipinski definition) is 2. The molecule has 0 saturated heterocycles. The van der Waals surface area contributed by atoms with Crippen LogP contribution in [0.2, 0.25) is 0 Å². The number of alkyl halides is 3. The number of carbonyl (C=O) groups is 1. The lowest BCUT2D eigenvalue weighted by molar-refractivity contribution is -0.137. The molecule has 0 saturated carbocycles. The fourth-order valence-corrected chi connectivity index (χ4v) is 4.31. The second kappa shape index (κ2) is 10.1. The molecule has 3 heterocycles. The van der Waals surface area contributed by atoms with Gasteiger partial charge < -0.3 is 10.6 Å². The number of anilines is 1. The number of halogens is 3. The molecule has 2 N–H and O–H groups in total. The summed E-state index contributed by atoms with van der Waals surface area (Å²) in [5.41, 5.74) is 2.25. The minimum Gasteiger partial charge on any atom is -0.319 e. The zero-order chi connectivity index (χ0) is 26.9. The predicted molar refractivity (Wildman–Crippen MR) is 140 cm³/mol. The van der Waals surface area contributed by atoms with E-state index in [2.05, 4.69) is 15.7 Å². The monoisotopic (exact) mass is 518 g/mol. The molecule has 0 fully saturated rings. The highest BCUT2D eigenvalue weighted by molar-refractivity contribution is 6.06. The van der Waals surface area contributed by atoms with Crippen LogP contribution in [0.4, 0.5) is 19.0 Å². The maximum atomic E-state index is 13.8. The van der Waals surface area contributed by atoms with Gasteiger partial charge in [-0.1, -0.05) is 30.3 Å². The number of aryl methyl sites for hydroxylation is 1. The molecule has 0 unspecified atom stereocenters. The van der Waals surface area contributed by atoms with E-state index < -0.39 is 17.6 Å². The van der Waals surface area contributed by atoms with Crippen molar-refractivity contribution in [1.29, 1.82) is 0 Å². The minimum atomic E-state index is -4.60. The number of benzene rings is 2. The highest BCUT2D eigenvalue weighted by Gasteiger charge is 2.34. The number of rotatable bonds is 7. The highest BCUT2D eigenvalue weighted by Crippen LogP contribution is 2.37. The van der Waals surface area contributed by atoms with Gasteiger partial charge in [0.15, 0.2) is 0 Å². The molecule has 0 aliphatic rings. The van der Waals surface area contributed by atoms with E-state index in [-0.39, 0.29) is 16.8 Å². The van der Waals surface area contributed by atoms with Crippen molar-refractivity contribution < 1.29 is 18.0 Å². The molecule has 38 heavy (non-hydrogen) atoms. The van der Waals surface area contributed by atoms with Gasteiger partial charge in [-0.05, 0) is 62.0 Å². The number of amides is 1. The van der Waals surface area contributed by atoms with Crippen LogP contribution >= 0.6 is 0 Å². The zero-order valence-corrected chi connectivity index (χ0v) is 20.8. The maximum Gasteiger partial charge on any atom is 0.417 e. The summed E-state index contributed by atoms with van der Waals surface area (Å²) in [6, 6.07) is 18.1. The minimum absolute atomic E-state index is 0.0678. The van der Waals surface area contributed by atoms with Crippen LogP contribution in [0.1, 0.15) is 21.5 Å². The third-order valence-electron chi connectivity index (χ3n) is 6.21. The maximum absolute atomic E-state index is 13.8. The molecule has 0 spiro atoms. The zero-order valence-electron chi connectivity index (χ0n) is 20.8. The van der Waals surface area contributed by atoms with E-state index >= 15 is 0 Å². The smallest absolute Gasteiger partial charge is 0.319 e. The van der Waals surface area contributed by atoms with E-state index in [1.807, 2.05) is 55.7 Å². The number of fused-ring (bicyclic) bond motifs is 1. The summed E-state index contributed by atoms with van der Waals surface area (Å²) in [6.07, 6.45) is -0.405. The SMILES string of the molecule is CNCCc1ccn2c(NC(=O)c3ccc(C(F)(F)F)c(-c4ccn(C)n4)c3)c(-c3ccccc3)nc2c1. The second-order valence-corrected chi connectivity index (χ2v) is 8.88. The van der Waals surface area contributed by atoms with Crippen molar-refractivity contribution in [1.82, 2.24) is 24.5 Å². The molecule has 5 rings (SSSR count). The fraction of sp³-hybridized carbons (Fsp3) is 0.179. The van der Waals surface area contributed by atoms with Crippen LogP contribution in [0, 0.1) is 0 Å². The lowest BCUT2D eigenvalue weighted by Gasteiger charge is -2.14. The molecular formula is C28H25F3N6O. The Kier molecular flexibility index (Phi) is 6.73. The Bertz CT molecular complexity index is 1600. The Hall–Kier alpha value is -4.44. The van der Waals surface area contributed by atoms with Crippen molar-refractivity contribution in [3.63, 3.8) is 0 Å². The Morgan fingerprint density at radius 3 is 2.47 bits per heavy atom. The van der Waals surface area contributed by atoms with Crippen molar-refractivity contribution in [3.05, 3.63) is 95.8 Å². The third-order valence-corrected chi connectivity index (χ3v) is 6.21. The number of nitrogens with one attached hydrogen (secondary N) is 2. The Labute approximate surface area is 216 Å². The van der Waals surface area contributed by atoms with Crippen LogP contribution in [0.3, 0.4) is 0 Å². The van der Waals surface area contributed by atoms with Crippen LogP contribution in [0.25, 0.3) is 28.2 Å². The van der Waals surface area contributed by atoms with E-state index in [4.69, 9.17) is 4.98 Å². The van der Waals surface area contributed by atoms with Gasteiger partial charge in [0, 0.05) is 36.1 Å². The summed E-state index contributed by atoms with van der Waals surface area (Å²) < 4.78 is 44.4. The first kappa shape index (κ1) is 25.2. The molecule has 0 aliphatic carbocycles. The van der Waals surface area contributed by atoms with E-state index in [0.717, 1.165) is 30.2 Å². The summed E-state index contributed by atoms with van der Waals surface area (Å²) in [5.74, 6) is -0.134. The highest BCUT2D eigenvalue weighted by atomic mass is 19.4. The van der Waals surface area contributed by atoms with Gasteiger partial charge in [0.05, 0.1) is 11.3 Å². The molecule has 0 radical (unpaired) electrons. The van der Waals surface area contributed by atoms with Crippen LogP contribution in [-0.2, 0) is 19.6 Å². The average Bonchev–Trinajstić information content (AvgIpc) is 3.50. The van der Waals surface area contributed by atoms with Crippen LogP contribution in [-0.4, -0.2) is 38.7 Å². The topological polar surface area (TPSA) is 76.2 Å². The van der Waals surface area contributed by atoms with Crippen molar-refractivity contribution >= 4 is 17.4 Å². The summed E-state index contributed by atoms with van der Waals surface area (Å²) in [7, 11) is 3.50. The Morgan fingerprint density at radius 1 is 1.00 bits per heavy atom. The van der Waals surface area contributed by atoms with Crippen LogP contribution < -0.4 is 10.6 Å². The number of imidazole rings is 1. The van der Waals surface area contributed by atoms with Gasteiger partial charge in [-0.2, -0.15) is 18.3 Å². The standard InChI is InChI=1S/C28H25F3N6O/c1-32-13-10-18-11-15-37-24(16-18)33-25(19-6-4-3-5-7-19)26(37)34-27(38)20-8-9-22(28(29,30)31)21(17-20)23-12-14-36(2)35-23/h3-9,11-12,14-17,32H,10,13H2,1-2H3,(H,34,38). The van der Waals surface area contributed by atoms with Gasteiger partial charge in [0.1, 0.15) is 17.2 Å². The molecule has 0 bridgehead atoms. The number of likely N-dealkylation sites (N-methyl/N-ethyl adjacent to an activating group) is 1. The van der Waals surface area contributed by atoms with Crippen LogP contribution in [0.15, 0.2) is 79.1 Å². The van der Waals surface area contributed by atoms with Gasteiger partial charge in [0.2, 0.25) is 0 Å². The first-order valence-corrected chi connectivity index (χ1v) is 12.0. The number of hydrogen-bond acceptors (Lipinski definition) is 4. The number of nitrogens with zero attached hydrogens (tertiary/aromatic N) is 4. The van der Waals surface area contributed by atoms with Crippen molar-refractivity contribution in [3.8, 4) is 22.5 Å². The van der Waals surface area contributed by atoms with E-state index in [1.165, 1.54) is 22.9 Å². The molecule has 1 amide bonds. The molecule has 0 aliphatic heterocycles. The van der Waals surface area contributed by atoms with Gasteiger partial charge >= 0.3 is 6.18 Å². The molecule has 7 nitrogen and oxygen atoms in total. The number of carbonyl (C=O) groups excluding carboxylic acids is 1. The Morgan fingerprint density at radius 2 is 1.79 bits per heavy atom. The molecule has 3 aromatic heterocycles. The van der Waals surface area contributed by atoms with Gasteiger partial charge in [0.25, 0.3) is 5.91 Å². The quantitative estimate of drug-likeness (QED) is 0.301. The summed E-state index contributed by atoms with van der Waals surface area (Å²) in [5, 5.41) is 10.1. The predicted octanol–water partition coefficient (Wildman–Crippen LogP) is 5.43. The molecule has 2 aromatic carbocycles. The van der Waals surface area contributed by atoms with E-state index in [1.54, 1.807) is 17.6 Å². The number of pyridine rings is 1. The largest absolute Gasteiger partial charge is 0.417 e. The van der Waals surface area contributed by atoms with Crippen molar-refractivity contribution in [2.24, 2.45) is 7.05 Å². The van der Waals surface area contributed by atoms with Gasteiger partial charge in [-0.3, -0.25) is 13.9 Å². The van der Waals surface area contributed by atoms with E-state index in [0.29, 0.717) is 17.2 Å². The first-order chi connectivity index (χ1) is 18.2. The van der Waals surface area contributed by atoms with Gasteiger partial charge in [-0.25, -0.2) is 4.98 Å². The molecular weight excluding hydrogens is 493 g/mol. The normalized spacial score (nSPS) is 11.7. The summed E-state index contributed by atoms with van der Waals surface area (Å²) in [4.78, 5) is 18.2. The fourth-order valence-electron chi connectivity index (χ4n) is 4.31. The molecule has 194 valence electrons. The lowest BCUT2D eigenvalue weighted by atomic mass is 10.0. The lowest BCUT2D eigenvalue weighted by Crippen LogP contribution is -2.16. The average molecular weight is 519 g/mol. The van der Waals surface area contributed by atoms with Crippen molar-refractivity contribution in [2.45, 2.75) is 12.6 Å². The van der Waals surface area contributed by atoms with E-state index in [9.17, 15) is 18.0 Å². The second-order valence-electron chi connectivity index (χ2n) is 8.88. The van der Waals surface area contributed by atoms with Crippen LogP contribution in [0.5, 0.6) is 0 Å². The molecule has 5 aromatic rings. The van der Waals surface area contributed by atoms with Gasteiger partial charge in [-0.15, -0.1) is 0 Å². The summed E-state index contributed by atoms with van der Waals surface area (Å²) >= 11 is 0. The summed E-state index contributed by atoms with van der Waals surface area (Å²) in [6.45, 7) is 0.804. The third kappa shape index (κ3) is 5.03.